The number of nitrogens with two attached hydrogens (primary N) is 1. The molecule has 1 aliphatic heterocycles. The van der Waals surface area contributed by atoms with E-state index in [0.29, 0.717) is 48.4 Å². The molecule has 4 N–H and O–H groups in total. The van der Waals surface area contributed by atoms with Crippen LogP contribution in [-0.4, -0.2) is 83.4 Å². The molecule has 1 aromatic heterocycles. The number of rotatable bonds is 13. The summed E-state index contributed by atoms with van der Waals surface area (Å²) in [5.74, 6) is 2.12. The molecule has 2 fully saturated rings. The summed E-state index contributed by atoms with van der Waals surface area (Å²) in [6.07, 6.45) is 8.22. The maximum absolute atomic E-state index is 12.9. The number of amides is 1. The largest absolute Gasteiger partial charge is 0.457 e. The normalized spacial score (nSPS) is 16.8. The van der Waals surface area contributed by atoms with Crippen molar-refractivity contribution in [1.29, 1.82) is 5.41 Å². The minimum absolute atomic E-state index is 0.00441. The fourth-order valence-electron chi connectivity index (χ4n) is 4.95. The van der Waals surface area contributed by atoms with Crippen molar-refractivity contribution in [2.45, 2.75) is 31.3 Å². The number of methoxy groups -OCH3 is 1. The molecular weight excluding hydrogens is 518 g/mol. The summed E-state index contributed by atoms with van der Waals surface area (Å²) in [5, 5.41) is 12.3. The van der Waals surface area contributed by atoms with Gasteiger partial charge in [-0.1, -0.05) is 24.3 Å². The number of aromatic nitrogens is 2. The van der Waals surface area contributed by atoms with Gasteiger partial charge in [0.1, 0.15) is 29.5 Å². The molecule has 0 spiro atoms. The van der Waals surface area contributed by atoms with Crippen molar-refractivity contribution in [2.75, 3.05) is 50.9 Å². The number of hydrogen-bond acceptors (Lipinski definition) is 9. The predicted octanol–water partition coefficient (Wildman–Crippen LogP) is 3.95. The molecule has 0 bridgehead atoms. The average Bonchev–Trinajstić information content (AvgIpc) is 3.73. The Morgan fingerprint density at radius 2 is 1.88 bits per heavy atom. The lowest BCUT2D eigenvalue weighted by Gasteiger charge is -2.20. The molecular formula is C31H37N7O3. The maximum atomic E-state index is 12.9. The highest BCUT2D eigenvalue weighted by Crippen LogP contribution is 2.27. The Balaban J connectivity index is 1.19. The average molecular weight is 556 g/mol. The molecule has 2 aliphatic rings. The van der Waals surface area contributed by atoms with Crippen molar-refractivity contribution in [2.24, 2.45) is 0 Å². The number of likely N-dealkylation sites (tertiary alicyclic amines) is 1. The van der Waals surface area contributed by atoms with Crippen molar-refractivity contribution in [3.63, 3.8) is 0 Å². The topological polar surface area (TPSA) is 130 Å². The molecule has 1 saturated heterocycles. The maximum Gasteiger partial charge on any atom is 0.246 e. The number of benzene rings is 2. The van der Waals surface area contributed by atoms with Crippen LogP contribution in [0.15, 0.2) is 73.1 Å². The molecule has 10 nitrogen and oxygen atoms in total. The molecule has 1 amide bonds. The van der Waals surface area contributed by atoms with E-state index in [2.05, 4.69) is 20.2 Å². The Kier molecular flexibility index (Phi) is 9.22. The third kappa shape index (κ3) is 7.47. The Bertz CT molecular complexity index is 1360. The third-order valence-corrected chi connectivity index (χ3v) is 7.34. The number of nitrogens with one attached hydrogen (secondary N) is 2. The van der Waals surface area contributed by atoms with Crippen LogP contribution in [0.5, 0.6) is 11.5 Å². The Morgan fingerprint density at radius 1 is 1.12 bits per heavy atom. The summed E-state index contributed by atoms with van der Waals surface area (Å²) >= 11 is 0. The minimum atomic E-state index is -0.0143. The minimum Gasteiger partial charge on any atom is -0.457 e. The Labute approximate surface area is 240 Å². The van der Waals surface area contributed by atoms with Gasteiger partial charge in [0.25, 0.3) is 0 Å². The summed E-state index contributed by atoms with van der Waals surface area (Å²) in [6, 6.07) is 17.4. The van der Waals surface area contributed by atoms with E-state index in [1.54, 1.807) is 13.2 Å². The van der Waals surface area contributed by atoms with Gasteiger partial charge in [-0.3, -0.25) is 15.1 Å². The van der Waals surface area contributed by atoms with E-state index in [1.165, 1.54) is 19.2 Å². The second-order valence-corrected chi connectivity index (χ2v) is 10.3. The van der Waals surface area contributed by atoms with Crippen molar-refractivity contribution < 1.29 is 14.3 Å². The number of nitrogens with zero attached hydrogens (tertiary/aromatic N) is 4. The first-order valence-electron chi connectivity index (χ1n) is 14.0. The standard InChI is InChI=1S/C31H37N7O3/c1-40-19-18-37(24-11-12-24)16-5-8-27(39)38-17-15-23(20-38)36-31-28(30(33)34-21-35-31)29(32)22-9-13-26(14-10-22)41-25-6-3-2-4-7-25/h2-10,13-14,21,23-24,32H,11-12,15-20H2,1H3,(H3,33,34,35,36)/b8-5+,32-29?. The number of carbonyl (C=O) groups excluding carboxylic acids is 1. The summed E-state index contributed by atoms with van der Waals surface area (Å²) in [4.78, 5) is 25.6. The monoisotopic (exact) mass is 555 g/mol. The van der Waals surface area contributed by atoms with E-state index in [-0.39, 0.29) is 23.5 Å². The summed E-state index contributed by atoms with van der Waals surface area (Å²) in [5.41, 5.74) is 7.54. The summed E-state index contributed by atoms with van der Waals surface area (Å²) < 4.78 is 11.1. The van der Waals surface area contributed by atoms with Crippen LogP contribution < -0.4 is 15.8 Å². The number of para-hydroxylation sites is 1. The quantitative estimate of drug-likeness (QED) is 0.214. The molecule has 214 valence electrons. The second-order valence-electron chi connectivity index (χ2n) is 10.3. The number of anilines is 2. The van der Waals surface area contributed by atoms with Crippen LogP contribution in [-0.2, 0) is 9.53 Å². The van der Waals surface area contributed by atoms with E-state index >= 15 is 0 Å². The van der Waals surface area contributed by atoms with Crippen molar-refractivity contribution in [3.8, 4) is 11.5 Å². The molecule has 2 heterocycles. The van der Waals surface area contributed by atoms with Crippen LogP contribution in [0.1, 0.15) is 30.4 Å². The van der Waals surface area contributed by atoms with Gasteiger partial charge in [0.05, 0.1) is 17.9 Å². The van der Waals surface area contributed by atoms with Gasteiger partial charge >= 0.3 is 0 Å². The van der Waals surface area contributed by atoms with Crippen LogP contribution in [0.4, 0.5) is 11.6 Å². The Morgan fingerprint density at radius 3 is 2.61 bits per heavy atom. The molecule has 1 atom stereocenters. The summed E-state index contributed by atoms with van der Waals surface area (Å²) in [7, 11) is 1.71. The molecule has 2 aromatic carbocycles. The predicted molar refractivity (Wildman–Crippen MR) is 160 cm³/mol. The van der Waals surface area contributed by atoms with Gasteiger partial charge in [-0.05, 0) is 55.7 Å². The molecule has 1 unspecified atom stereocenters. The first-order valence-corrected chi connectivity index (χ1v) is 14.0. The van der Waals surface area contributed by atoms with Gasteiger partial charge in [-0.25, -0.2) is 9.97 Å². The number of carbonyl (C=O) groups is 1. The van der Waals surface area contributed by atoms with Gasteiger partial charge in [0, 0.05) is 57.0 Å². The van der Waals surface area contributed by atoms with Gasteiger partial charge in [-0.15, -0.1) is 0 Å². The van der Waals surface area contributed by atoms with E-state index < -0.39 is 0 Å². The molecule has 1 aliphatic carbocycles. The molecule has 0 radical (unpaired) electrons. The van der Waals surface area contributed by atoms with Gasteiger partial charge < -0.3 is 25.4 Å². The molecule has 41 heavy (non-hydrogen) atoms. The zero-order valence-electron chi connectivity index (χ0n) is 23.3. The lowest BCUT2D eigenvalue weighted by atomic mass is 10.0. The van der Waals surface area contributed by atoms with E-state index in [9.17, 15) is 4.79 Å². The molecule has 3 aromatic rings. The van der Waals surface area contributed by atoms with Gasteiger partial charge in [-0.2, -0.15) is 0 Å². The van der Waals surface area contributed by atoms with Crippen LogP contribution in [0, 0.1) is 5.41 Å². The van der Waals surface area contributed by atoms with Crippen LogP contribution in [0.25, 0.3) is 0 Å². The number of hydrogen-bond donors (Lipinski definition) is 3. The Hall–Kier alpha value is -4.28. The smallest absolute Gasteiger partial charge is 0.246 e. The molecule has 5 rings (SSSR count). The number of ether oxygens (including phenoxy) is 2. The highest BCUT2D eigenvalue weighted by atomic mass is 16.5. The second kappa shape index (κ2) is 13.4. The first kappa shape index (κ1) is 28.3. The highest BCUT2D eigenvalue weighted by molar-refractivity contribution is 6.16. The number of nitrogen functional groups attached to an aromatic ring is 1. The van der Waals surface area contributed by atoms with Crippen molar-refractivity contribution in [3.05, 3.63) is 84.2 Å². The zero-order chi connectivity index (χ0) is 28.6. The van der Waals surface area contributed by atoms with E-state index in [4.69, 9.17) is 20.6 Å². The zero-order valence-corrected chi connectivity index (χ0v) is 23.3. The van der Waals surface area contributed by atoms with E-state index in [1.807, 2.05) is 65.6 Å². The third-order valence-electron chi connectivity index (χ3n) is 7.34. The van der Waals surface area contributed by atoms with Gasteiger partial charge in [0.2, 0.25) is 5.91 Å². The van der Waals surface area contributed by atoms with Crippen molar-refractivity contribution >= 4 is 23.3 Å². The lowest BCUT2D eigenvalue weighted by molar-refractivity contribution is -0.125. The van der Waals surface area contributed by atoms with Crippen LogP contribution >= 0.6 is 0 Å². The SMILES string of the molecule is COCCN(C/C=C/C(=O)N1CCC(Nc2ncnc(N)c2C(=N)c2ccc(Oc3ccccc3)cc2)C1)C1CC1. The van der Waals surface area contributed by atoms with Crippen LogP contribution in [0.3, 0.4) is 0 Å². The molecule has 1 saturated carbocycles. The lowest BCUT2D eigenvalue weighted by Crippen LogP contribution is -2.32. The highest BCUT2D eigenvalue weighted by Gasteiger charge is 2.29. The first-order chi connectivity index (χ1) is 20.0. The van der Waals surface area contributed by atoms with Crippen molar-refractivity contribution in [1.82, 2.24) is 19.8 Å². The van der Waals surface area contributed by atoms with Crippen LogP contribution in [0.2, 0.25) is 0 Å². The van der Waals surface area contributed by atoms with E-state index in [0.717, 1.165) is 25.3 Å². The fourth-order valence-corrected chi connectivity index (χ4v) is 4.95. The van der Waals surface area contributed by atoms with Gasteiger partial charge in [0.15, 0.2) is 0 Å². The summed E-state index contributed by atoms with van der Waals surface area (Å²) in [6.45, 7) is 3.51. The molecule has 10 heteroatoms. The fraction of sp³-hybridized carbons (Fsp3) is 0.355.